The summed E-state index contributed by atoms with van der Waals surface area (Å²) in [6, 6.07) is 5.35. The van der Waals surface area contributed by atoms with Gasteiger partial charge in [-0.25, -0.2) is 4.79 Å². The van der Waals surface area contributed by atoms with Gasteiger partial charge in [0, 0.05) is 17.8 Å². The Morgan fingerprint density at radius 3 is 2.26 bits per heavy atom. The van der Waals surface area contributed by atoms with Crippen LogP contribution in [0.3, 0.4) is 0 Å². The first-order chi connectivity index (χ1) is 8.90. The summed E-state index contributed by atoms with van der Waals surface area (Å²) in [6.45, 7) is 7.23. The van der Waals surface area contributed by atoms with Gasteiger partial charge in [-0.1, -0.05) is 6.92 Å². The van der Waals surface area contributed by atoms with Crippen LogP contribution in [0.4, 0.5) is 16.2 Å². The predicted octanol–water partition coefficient (Wildman–Crippen LogP) is 3.30. The number of nitrogens with one attached hydrogen (secondary N) is 2. The number of anilines is 2. The lowest BCUT2D eigenvalue weighted by molar-refractivity contribution is -0.115. The van der Waals surface area contributed by atoms with Crippen LogP contribution in [0.1, 0.15) is 32.8 Å². The van der Waals surface area contributed by atoms with Gasteiger partial charge in [-0.15, -0.1) is 0 Å². The summed E-state index contributed by atoms with van der Waals surface area (Å²) < 4.78 is 5.00. The molecule has 1 aromatic rings. The van der Waals surface area contributed by atoms with E-state index in [4.69, 9.17) is 4.74 Å². The molecule has 104 valence electrons. The van der Waals surface area contributed by atoms with Gasteiger partial charge in [-0.2, -0.15) is 0 Å². The SMILES string of the molecule is CCC(=O)Nc1cc(C)cc(NC(=O)OC(C)C)c1. The van der Waals surface area contributed by atoms with Crippen LogP contribution in [0, 0.1) is 6.92 Å². The van der Waals surface area contributed by atoms with Crippen molar-refractivity contribution in [3.63, 3.8) is 0 Å². The predicted molar refractivity (Wildman–Crippen MR) is 75.3 cm³/mol. The number of carbonyl (C=O) groups is 2. The fourth-order valence-corrected chi connectivity index (χ4v) is 1.54. The number of amides is 2. The van der Waals surface area contributed by atoms with Crippen molar-refractivity contribution in [2.45, 2.75) is 40.2 Å². The lowest BCUT2D eigenvalue weighted by atomic mass is 10.2. The van der Waals surface area contributed by atoms with Crippen molar-refractivity contribution in [2.24, 2.45) is 0 Å². The molecule has 0 unspecified atom stereocenters. The minimum Gasteiger partial charge on any atom is -0.447 e. The van der Waals surface area contributed by atoms with Gasteiger partial charge in [0.1, 0.15) is 0 Å². The first-order valence-corrected chi connectivity index (χ1v) is 6.30. The zero-order valence-corrected chi connectivity index (χ0v) is 11.7. The molecular weight excluding hydrogens is 244 g/mol. The second-order valence-corrected chi connectivity index (χ2v) is 4.57. The Kier molecular flexibility index (Phi) is 5.36. The smallest absolute Gasteiger partial charge is 0.411 e. The quantitative estimate of drug-likeness (QED) is 0.876. The highest BCUT2D eigenvalue weighted by Crippen LogP contribution is 2.19. The van der Waals surface area contributed by atoms with Crippen LogP contribution in [0.25, 0.3) is 0 Å². The minimum absolute atomic E-state index is 0.0682. The van der Waals surface area contributed by atoms with Crippen molar-refractivity contribution in [3.05, 3.63) is 23.8 Å². The molecular formula is C14H20N2O3. The topological polar surface area (TPSA) is 67.4 Å². The highest BCUT2D eigenvalue weighted by Gasteiger charge is 2.07. The number of rotatable bonds is 4. The van der Waals surface area contributed by atoms with Crippen LogP contribution in [-0.4, -0.2) is 18.1 Å². The molecule has 0 saturated carbocycles. The van der Waals surface area contributed by atoms with Gasteiger partial charge in [0.25, 0.3) is 0 Å². The third-order valence-electron chi connectivity index (χ3n) is 2.27. The normalized spacial score (nSPS) is 10.2. The molecule has 0 bridgehead atoms. The maximum absolute atomic E-state index is 11.5. The number of carbonyl (C=O) groups excluding carboxylic acids is 2. The van der Waals surface area contributed by atoms with E-state index in [0.29, 0.717) is 17.8 Å². The van der Waals surface area contributed by atoms with E-state index in [1.807, 2.05) is 19.1 Å². The van der Waals surface area contributed by atoms with Crippen molar-refractivity contribution in [3.8, 4) is 0 Å². The number of hydrogen-bond acceptors (Lipinski definition) is 3. The Labute approximate surface area is 113 Å². The summed E-state index contributed by atoms with van der Waals surface area (Å²) in [5.41, 5.74) is 2.19. The van der Waals surface area contributed by atoms with Crippen LogP contribution >= 0.6 is 0 Å². The monoisotopic (exact) mass is 264 g/mol. The van der Waals surface area contributed by atoms with Gasteiger partial charge < -0.3 is 10.1 Å². The molecule has 0 aliphatic heterocycles. The van der Waals surface area contributed by atoms with E-state index in [-0.39, 0.29) is 12.0 Å². The van der Waals surface area contributed by atoms with E-state index < -0.39 is 6.09 Å². The minimum atomic E-state index is -0.506. The molecule has 0 aliphatic rings. The maximum atomic E-state index is 11.5. The van der Waals surface area contributed by atoms with Crippen LogP contribution in [0.5, 0.6) is 0 Å². The van der Waals surface area contributed by atoms with E-state index in [2.05, 4.69) is 10.6 Å². The van der Waals surface area contributed by atoms with E-state index in [0.717, 1.165) is 5.56 Å². The number of hydrogen-bond donors (Lipinski definition) is 2. The van der Waals surface area contributed by atoms with Crippen LogP contribution in [0.15, 0.2) is 18.2 Å². The molecule has 5 nitrogen and oxygen atoms in total. The largest absolute Gasteiger partial charge is 0.447 e. The maximum Gasteiger partial charge on any atom is 0.411 e. The Bertz CT molecular complexity index is 470. The average molecular weight is 264 g/mol. The molecule has 5 heteroatoms. The summed E-state index contributed by atoms with van der Waals surface area (Å²) in [4.78, 5) is 22.9. The summed E-state index contributed by atoms with van der Waals surface area (Å²) in [5.74, 6) is -0.0682. The zero-order chi connectivity index (χ0) is 14.4. The second-order valence-electron chi connectivity index (χ2n) is 4.57. The second kappa shape index (κ2) is 6.78. The summed E-state index contributed by atoms with van der Waals surface area (Å²) in [6.07, 6.45) is -0.274. The van der Waals surface area contributed by atoms with Gasteiger partial charge in [0.15, 0.2) is 0 Å². The van der Waals surface area contributed by atoms with E-state index in [9.17, 15) is 9.59 Å². The Morgan fingerprint density at radius 2 is 1.74 bits per heavy atom. The van der Waals surface area contributed by atoms with E-state index in [1.165, 1.54) is 0 Å². The molecule has 1 rings (SSSR count). The van der Waals surface area contributed by atoms with Gasteiger partial charge in [0.2, 0.25) is 5.91 Å². The Morgan fingerprint density at radius 1 is 1.16 bits per heavy atom. The van der Waals surface area contributed by atoms with Gasteiger partial charge in [0.05, 0.1) is 6.10 Å². The molecule has 0 atom stereocenters. The molecule has 19 heavy (non-hydrogen) atoms. The molecule has 2 amide bonds. The molecule has 0 saturated heterocycles. The zero-order valence-electron chi connectivity index (χ0n) is 11.7. The van der Waals surface area contributed by atoms with Gasteiger partial charge in [-0.3, -0.25) is 10.1 Å². The molecule has 0 heterocycles. The first-order valence-electron chi connectivity index (χ1n) is 6.30. The average Bonchev–Trinajstić information content (AvgIpc) is 2.26. The van der Waals surface area contributed by atoms with Crippen LogP contribution < -0.4 is 10.6 Å². The third-order valence-corrected chi connectivity index (χ3v) is 2.27. The third kappa shape index (κ3) is 5.42. The first kappa shape index (κ1) is 15.0. The van der Waals surface area contributed by atoms with Crippen molar-refractivity contribution in [2.75, 3.05) is 10.6 Å². The number of aryl methyl sites for hydroxylation is 1. The molecule has 0 fully saturated rings. The molecule has 0 aromatic heterocycles. The Hall–Kier alpha value is -2.04. The standard InChI is InChI=1S/C14H20N2O3/c1-5-13(17)15-11-6-10(4)7-12(8-11)16-14(18)19-9(2)3/h6-9H,5H2,1-4H3,(H,15,17)(H,16,18). The fourth-order valence-electron chi connectivity index (χ4n) is 1.54. The lowest BCUT2D eigenvalue weighted by Gasteiger charge is -2.12. The molecule has 0 radical (unpaired) electrons. The molecule has 0 spiro atoms. The number of benzene rings is 1. The molecule has 2 N–H and O–H groups in total. The van der Waals surface area contributed by atoms with Crippen molar-refractivity contribution in [1.82, 2.24) is 0 Å². The molecule has 1 aromatic carbocycles. The van der Waals surface area contributed by atoms with Crippen molar-refractivity contribution >= 4 is 23.4 Å². The van der Waals surface area contributed by atoms with Crippen molar-refractivity contribution < 1.29 is 14.3 Å². The summed E-state index contributed by atoms with van der Waals surface area (Å²) in [5, 5.41) is 5.39. The van der Waals surface area contributed by atoms with Gasteiger partial charge >= 0.3 is 6.09 Å². The lowest BCUT2D eigenvalue weighted by Crippen LogP contribution is -2.18. The summed E-state index contributed by atoms with van der Waals surface area (Å²) in [7, 11) is 0. The summed E-state index contributed by atoms with van der Waals surface area (Å²) >= 11 is 0. The van der Waals surface area contributed by atoms with E-state index in [1.54, 1.807) is 26.8 Å². The Balaban J connectivity index is 2.79. The fraction of sp³-hybridized carbons (Fsp3) is 0.429. The van der Waals surface area contributed by atoms with Crippen LogP contribution in [0.2, 0.25) is 0 Å². The van der Waals surface area contributed by atoms with Crippen molar-refractivity contribution in [1.29, 1.82) is 0 Å². The highest BCUT2D eigenvalue weighted by atomic mass is 16.6. The van der Waals surface area contributed by atoms with E-state index >= 15 is 0 Å². The van der Waals surface area contributed by atoms with Gasteiger partial charge in [-0.05, 0) is 44.5 Å². The highest BCUT2D eigenvalue weighted by molar-refractivity contribution is 5.92. The van der Waals surface area contributed by atoms with Crippen LogP contribution in [-0.2, 0) is 9.53 Å². The molecule has 0 aliphatic carbocycles. The number of ether oxygens (including phenoxy) is 1.